The van der Waals surface area contributed by atoms with Crippen LogP contribution in [0.2, 0.25) is 0 Å². The smallest absolute Gasteiger partial charge is 0.0925 e. The van der Waals surface area contributed by atoms with E-state index in [1.54, 1.807) is 0 Å². The summed E-state index contributed by atoms with van der Waals surface area (Å²) in [5.74, 6) is 0.812. The van der Waals surface area contributed by atoms with Crippen LogP contribution in [0.4, 0.5) is 0 Å². The molecule has 0 atom stereocenters. The van der Waals surface area contributed by atoms with Gasteiger partial charge in [-0.05, 0) is 19.3 Å². The molecule has 0 aliphatic heterocycles. The third-order valence-electron chi connectivity index (χ3n) is 2.40. The van der Waals surface area contributed by atoms with Crippen LogP contribution in [-0.4, -0.2) is 4.98 Å². The van der Waals surface area contributed by atoms with Crippen LogP contribution < -0.4 is 0 Å². The van der Waals surface area contributed by atoms with E-state index in [2.05, 4.69) is 17.3 Å². The first-order chi connectivity index (χ1) is 6.40. The highest BCUT2D eigenvalue weighted by molar-refractivity contribution is 7.09. The largest absolute Gasteiger partial charge is 0.246 e. The van der Waals surface area contributed by atoms with E-state index in [1.165, 1.54) is 30.0 Å². The molecule has 0 radical (unpaired) electrons. The Labute approximate surface area is 85.2 Å². The van der Waals surface area contributed by atoms with E-state index in [0.29, 0.717) is 0 Å². The second kappa shape index (κ2) is 5.38. The summed E-state index contributed by atoms with van der Waals surface area (Å²) in [4.78, 5) is 4.57. The number of hydrogen-bond acceptors (Lipinski definition) is 2. The lowest BCUT2D eigenvalue weighted by molar-refractivity contribution is 0.412. The third-order valence-corrected chi connectivity index (χ3v) is 3.41. The molecule has 1 heterocycles. The summed E-state index contributed by atoms with van der Waals surface area (Å²) in [5.41, 5.74) is 1.36. The number of thiazole rings is 1. The lowest BCUT2D eigenvalue weighted by atomic mass is 9.83. The van der Waals surface area contributed by atoms with Crippen molar-refractivity contribution in [3.63, 3.8) is 0 Å². The van der Waals surface area contributed by atoms with Crippen LogP contribution in [0, 0.1) is 0 Å². The predicted molar refractivity (Wildman–Crippen MR) is 59.4 cm³/mol. The van der Waals surface area contributed by atoms with Gasteiger partial charge in [0.1, 0.15) is 0 Å². The fourth-order valence-corrected chi connectivity index (χ4v) is 2.21. The van der Waals surface area contributed by atoms with Crippen molar-refractivity contribution in [1.82, 2.24) is 4.98 Å². The van der Waals surface area contributed by atoms with E-state index in [9.17, 15) is 0 Å². The number of aromatic nitrogens is 1. The fourth-order valence-electron chi connectivity index (χ4n) is 1.38. The Morgan fingerprint density at radius 3 is 2.54 bits per heavy atom. The number of hydrogen-bond donors (Lipinski definition) is 0. The summed E-state index contributed by atoms with van der Waals surface area (Å²) in [5, 5.41) is 3.54. The van der Waals surface area contributed by atoms with Crippen molar-refractivity contribution in [3.8, 4) is 0 Å². The van der Waals surface area contributed by atoms with Gasteiger partial charge in [0, 0.05) is 11.3 Å². The molecule has 13 heavy (non-hydrogen) atoms. The first-order valence-corrected chi connectivity index (χ1v) is 6.22. The maximum absolute atomic E-state index is 4.57. The first kappa shape index (κ1) is 10.7. The zero-order valence-corrected chi connectivity index (χ0v) is 9.66. The number of nitrogens with zero attached hydrogens (tertiary/aromatic N) is 1. The zero-order chi connectivity index (χ0) is 9.68. The molecule has 0 unspecified atom stereocenters. The van der Waals surface area contributed by atoms with Crippen LogP contribution in [0.1, 0.15) is 56.7 Å². The van der Waals surface area contributed by atoms with Gasteiger partial charge in [-0.2, -0.15) is 0 Å². The summed E-state index contributed by atoms with van der Waals surface area (Å²) in [6.07, 6.45) is 5.24. The van der Waals surface area contributed by atoms with Crippen LogP contribution >= 0.6 is 11.3 Å². The van der Waals surface area contributed by atoms with E-state index < -0.39 is 0 Å². The molecule has 2 heteroatoms. The molecular weight excluding hydrogens is 178 g/mol. The maximum Gasteiger partial charge on any atom is 0.0925 e. The van der Waals surface area contributed by atoms with E-state index in [-0.39, 0.29) is 0 Å². The quantitative estimate of drug-likeness (QED) is 0.698. The van der Waals surface area contributed by atoms with Crippen LogP contribution in [0.5, 0.6) is 0 Å². The Kier molecular flexibility index (Phi) is 4.43. The Balaban J connectivity index is 0.000000396. The van der Waals surface area contributed by atoms with E-state index in [4.69, 9.17) is 0 Å². The second-order valence-corrected chi connectivity index (χ2v) is 4.09. The van der Waals surface area contributed by atoms with Gasteiger partial charge in [0.05, 0.1) is 10.7 Å². The first-order valence-electron chi connectivity index (χ1n) is 5.34. The molecule has 1 saturated carbocycles. The minimum Gasteiger partial charge on any atom is -0.246 e. The van der Waals surface area contributed by atoms with Gasteiger partial charge < -0.3 is 0 Å². The molecule has 0 amide bonds. The topological polar surface area (TPSA) is 12.9 Å². The Morgan fingerprint density at radius 2 is 2.15 bits per heavy atom. The van der Waals surface area contributed by atoms with Crippen molar-refractivity contribution in [1.29, 1.82) is 0 Å². The Hall–Kier alpha value is -0.370. The highest BCUT2D eigenvalue weighted by Gasteiger charge is 2.21. The number of aryl methyl sites for hydroxylation is 1. The van der Waals surface area contributed by atoms with Gasteiger partial charge in [-0.3, -0.25) is 0 Å². The minimum absolute atomic E-state index is 0.812. The minimum atomic E-state index is 0.812. The highest BCUT2D eigenvalue weighted by Crippen LogP contribution is 2.36. The molecule has 1 aliphatic carbocycles. The van der Waals surface area contributed by atoms with Crippen molar-refractivity contribution in [2.45, 2.75) is 52.4 Å². The molecule has 74 valence electrons. The Morgan fingerprint density at radius 1 is 1.46 bits per heavy atom. The molecule has 0 saturated heterocycles. The second-order valence-electron chi connectivity index (χ2n) is 3.15. The maximum atomic E-state index is 4.57. The van der Waals surface area contributed by atoms with Crippen molar-refractivity contribution in [3.05, 3.63) is 16.1 Å². The van der Waals surface area contributed by atoms with Gasteiger partial charge in [-0.15, -0.1) is 11.3 Å². The van der Waals surface area contributed by atoms with Crippen LogP contribution in [0.3, 0.4) is 0 Å². The predicted octanol–water partition coefficient (Wildman–Crippen LogP) is 4.00. The molecule has 0 bridgehead atoms. The molecule has 1 aromatic rings. The van der Waals surface area contributed by atoms with E-state index in [0.717, 1.165) is 12.3 Å². The highest BCUT2D eigenvalue weighted by atomic mass is 32.1. The molecule has 0 N–H and O–H groups in total. The van der Waals surface area contributed by atoms with Crippen molar-refractivity contribution < 1.29 is 0 Å². The van der Waals surface area contributed by atoms with Gasteiger partial charge in [0.15, 0.2) is 0 Å². The van der Waals surface area contributed by atoms with E-state index in [1.807, 2.05) is 25.2 Å². The van der Waals surface area contributed by atoms with Crippen LogP contribution in [-0.2, 0) is 6.42 Å². The molecule has 1 aliphatic rings. The molecule has 0 spiro atoms. The molecule has 1 aromatic heterocycles. The fraction of sp³-hybridized carbons (Fsp3) is 0.727. The summed E-state index contributed by atoms with van der Waals surface area (Å²) in [6, 6.07) is 0. The molecule has 2 rings (SSSR count). The van der Waals surface area contributed by atoms with Gasteiger partial charge in [-0.25, -0.2) is 4.98 Å². The normalized spacial score (nSPS) is 15.9. The Bertz CT molecular complexity index is 238. The van der Waals surface area contributed by atoms with Gasteiger partial charge in [-0.1, -0.05) is 27.2 Å². The summed E-state index contributed by atoms with van der Waals surface area (Å²) >= 11 is 1.82. The van der Waals surface area contributed by atoms with Gasteiger partial charge in [0.2, 0.25) is 0 Å². The van der Waals surface area contributed by atoms with Gasteiger partial charge in [0.25, 0.3) is 0 Å². The monoisotopic (exact) mass is 197 g/mol. The van der Waals surface area contributed by atoms with Crippen LogP contribution in [0.15, 0.2) is 5.38 Å². The van der Waals surface area contributed by atoms with E-state index >= 15 is 0 Å². The van der Waals surface area contributed by atoms with Gasteiger partial charge >= 0.3 is 0 Å². The summed E-state index contributed by atoms with van der Waals surface area (Å²) < 4.78 is 0. The van der Waals surface area contributed by atoms with Crippen molar-refractivity contribution >= 4 is 11.3 Å². The van der Waals surface area contributed by atoms with Crippen LogP contribution in [0.25, 0.3) is 0 Å². The van der Waals surface area contributed by atoms with Crippen molar-refractivity contribution in [2.24, 2.45) is 0 Å². The summed E-state index contributed by atoms with van der Waals surface area (Å²) in [6.45, 7) is 6.17. The number of rotatable bonds is 2. The third kappa shape index (κ3) is 2.53. The molecular formula is C11H19NS. The molecule has 1 nitrogen and oxygen atoms in total. The average molecular weight is 197 g/mol. The van der Waals surface area contributed by atoms with Crippen molar-refractivity contribution in [2.75, 3.05) is 0 Å². The molecule has 1 fully saturated rings. The molecule has 0 aromatic carbocycles. The standard InChI is InChI=1S/C9H13NS.C2H6/c1-2-9-10-8(6-11-9)7-4-3-5-7;1-2/h6-7H,2-5H2,1H3;1-2H3. The average Bonchev–Trinajstić information content (AvgIpc) is 2.54. The summed E-state index contributed by atoms with van der Waals surface area (Å²) in [7, 11) is 0. The SMILES string of the molecule is CC.CCc1nc(C2CCC2)cs1. The lowest BCUT2D eigenvalue weighted by Crippen LogP contribution is -2.08. The zero-order valence-electron chi connectivity index (χ0n) is 8.84. The lowest BCUT2D eigenvalue weighted by Gasteiger charge is -2.22.